The minimum absolute atomic E-state index is 0.900. The summed E-state index contributed by atoms with van der Waals surface area (Å²) in [5, 5.41) is 8.74. The molecule has 106 valence electrons. The second-order valence-corrected chi connectivity index (χ2v) is 6.33. The third kappa shape index (κ3) is 3.04. The molecule has 0 atom stereocenters. The van der Waals surface area contributed by atoms with Crippen LogP contribution in [0, 0.1) is 0 Å². The highest BCUT2D eigenvalue weighted by atomic mass is 32.2. The molecule has 1 aliphatic rings. The van der Waals surface area contributed by atoms with Crippen LogP contribution >= 0.6 is 11.8 Å². The summed E-state index contributed by atoms with van der Waals surface area (Å²) in [6.07, 6.45) is 1.27. The predicted octanol–water partition coefficient (Wildman–Crippen LogP) is 2.42. The molecule has 0 amide bonds. The minimum Gasteiger partial charge on any atom is -0.313 e. The first kappa shape index (κ1) is 13.6. The van der Waals surface area contributed by atoms with Gasteiger partial charge in [0.1, 0.15) is 5.82 Å². The van der Waals surface area contributed by atoms with Crippen molar-refractivity contribution in [2.75, 3.05) is 24.6 Å². The monoisotopic (exact) mass is 288 g/mol. The maximum Gasteiger partial charge on any atom is 0.163 e. The fourth-order valence-electron chi connectivity index (χ4n) is 2.49. The van der Waals surface area contributed by atoms with Crippen LogP contribution in [-0.2, 0) is 13.6 Å². The van der Waals surface area contributed by atoms with Gasteiger partial charge in [0.05, 0.1) is 6.54 Å². The Morgan fingerprint density at radius 2 is 1.95 bits per heavy atom. The Hall–Kier alpha value is -1.33. The van der Waals surface area contributed by atoms with E-state index in [1.54, 1.807) is 0 Å². The predicted molar refractivity (Wildman–Crippen MR) is 83.7 cm³/mol. The van der Waals surface area contributed by atoms with E-state index < -0.39 is 0 Å². The zero-order valence-electron chi connectivity index (χ0n) is 11.8. The number of thioether (sulfide) groups is 1. The lowest BCUT2D eigenvalue weighted by molar-refractivity contribution is 0.277. The van der Waals surface area contributed by atoms with Gasteiger partial charge in [-0.2, -0.15) is 11.8 Å². The van der Waals surface area contributed by atoms with Gasteiger partial charge >= 0.3 is 0 Å². The maximum absolute atomic E-state index is 4.38. The van der Waals surface area contributed by atoms with E-state index in [9.17, 15) is 0 Å². The molecule has 3 rings (SSSR count). The van der Waals surface area contributed by atoms with Gasteiger partial charge in [-0.3, -0.25) is 4.90 Å². The zero-order valence-corrected chi connectivity index (χ0v) is 12.6. The molecule has 0 spiro atoms. The molecule has 0 N–H and O–H groups in total. The number of hydrogen-bond acceptors (Lipinski definition) is 4. The summed E-state index contributed by atoms with van der Waals surface area (Å²) in [6.45, 7) is 3.22. The van der Waals surface area contributed by atoms with E-state index in [2.05, 4.69) is 50.6 Å². The number of hydrogen-bond donors (Lipinski definition) is 0. The molecule has 1 aliphatic heterocycles. The normalized spacial score (nSPS) is 17.1. The van der Waals surface area contributed by atoms with E-state index in [-0.39, 0.29) is 0 Å². The number of benzene rings is 1. The smallest absolute Gasteiger partial charge is 0.163 e. The van der Waals surface area contributed by atoms with Crippen LogP contribution in [-0.4, -0.2) is 44.3 Å². The van der Waals surface area contributed by atoms with Gasteiger partial charge in [0, 0.05) is 24.9 Å². The first-order valence-electron chi connectivity index (χ1n) is 7.08. The van der Waals surface area contributed by atoms with Gasteiger partial charge in [0.25, 0.3) is 0 Å². The molecule has 0 bridgehead atoms. The van der Waals surface area contributed by atoms with Crippen LogP contribution in [0.15, 0.2) is 30.3 Å². The standard InChI is InChI=1S/C15H20N4S/c1-18-14(12-19-8-5-10-20-11-9-19)16-17-15(18)13-6-3-2-4-7-13/h2-4,6-7H,5,8-12H2,1H3. The molecule has 2 aromatic rings. The number of nitrogens with zero attached hydrogens (tertiary/aromatic N) is 4. The zero-order chi connectivity index (χ0) is 13.8. The van der Waals surface area contributed by atoms with Crippen molar-refractivity contribution < 1.29 is 0 Å². The van der Waals surface area contributed by atoms with E-state index in [1.807, 2.05) is 18.2 Å². The van der Waals surface area contributed by atoms with E-state index >= 15 is 0 Å². The Morgan fingerprint density at radius 1 is 1.10 bits per heavy atom. The van der Waals surface area contributed by atoms with Crippen LogP contribution in [0.4, 0.5) is 0 Å². The molecule has 1 aromatic heterocycles. The lowest BCUT2D eigenvalue weighted by Gasteiger charge is -2.18. The molecule has 0 aliphatic carbocycles. The molecular formula is C15H20N4S. The molecule has 1 aromatic carbocycles. The molecular weight excluding hydrogens is 268 g/mol. The summed E-state index contributed by atoms with van der Waals surface area (Å²) < 4.78 is 2.12. The van der Waals surface area contributed by atoms with Gasteiger partial charge in [-0.15, -0.1) is 10.2 Å². The Bertz CT molecular complexity index is 544. The summed E-state index contributed by atoms with van der Waals surface area (Å²) in [4.78, 5) is 2.48. The van der Waals surface area contributed by atoms with E-state index in [4.69, 9.17) is 0 Å². The van der Waals surface area contributed by atoms with E-state index in [0.717, 1.165) is 30.3 Å². The third-order valence-corrected chi connectivity index (χ3v) is 4.73. The van der Waals surface area contributed by atoms with Crippen LogP contribution in [0.1, 0.15) is 12.2 Å². The Morgan fingerprint density at radius 3 is 2.80 bits per heavy atom. The molecule has 5 heteroatoms. The summed E-state index contributed by atoms with van der Waals surface area (Å²) in [5.74, 6) is 4.51. The van der Waals surface area contributed by atoms with Crippen molar-refractivity contribution >= 4 is 11.8 Å². The average molecular weight is 288 g/mol. The van der Waals surface area contributed by atoms with Crippen molar-refractivity contribution in [1.82, 2.24) is 19.7 Å². The quantitative estimate of drug-likeness (QED) is 0.868. The van der Waals surface area contributed by atoms with Gasteiger partial charge < -0.3 is 4.57 Å². The lowest BCUT2D eigenvalue weighted by atomic mass is 10.2. The second kappa shape index (κ2) is 6.41. The Balaban J connectivity index is 1.76. The fraction of sp³-hybridized carbons (Fsp3) is 0.467. The van der Waals surface area contributed by atoms with Crippen LogP contribution in [0.2, 0.25) is 0 Å². The first-order chi connectivity index (χ1) is 9.84. The average Bonchev–Trinajstić information content (AvgIpc) is 2.68. The van der Waals surface area contributed by atoms with E-state index in [1.165, 1.54) is 24.5 Å². The Labute approximate surface area is 124 Å². The maximum atomic E-state index is 4.38. The van der Waals surface area contributed by atoms with Crippen LogP contribution in [0.5, 0.6) is 0 Å². The molecule has 0 radical (unpaired) electrons. The molecule has 20 heavy (non-hydrogen) atoms. The van der Waals surface area contributed by atoms with Crippen molar-refractivity contribution in [1.29, 1.82) is 0 Å². The van der Waals surface area contributed by atoms with Crippen molar-refractivity contribution in [2.45, 2.75) is 13.0 Å². The van der Waals surface area contributed by atoms with E-state index in [0.29, 0.717) is 0 Å². The van der Waals surface area contributed by atoms with Crippen LogP contribution in [0.3, 0.4) is 0 Å². The third-order valence-electron chi connectivity index (χ3n) is 3.68. The van der Waals surface area contributed by atoms with Crippen molar-refractivity contribution in [2.24, 2.45) is 7.05 Å². The van der Waals surface area contributed by atoms with Crippen molar-refractivity contribution in [3.63, 3.8) is 0 Å². The van der Waals surface area contributed by atoms with Crippen molar-refractivity contribution in [3.8, 4) is 11.4 Å². The van der Waals surface area contributed by atoms with Crippen molar-refractivity contribution in [3.05, 3.63) is 36.2 Å². The summed E-state index contributed by atoms with van der Waals surface area (Å²) >= 11 is 2.05. The van der Waals surface area contributed by atoms with Gasteiger partial charge in [0.15, 0.2) is 5.82 Å². The number of rotatable bonds is 3. The highest BCUT2D eigenvalue weighted by Crippen LogP contribution is 2.18. The second-order valence-electron chi connectivity index (χ2n) is 5.11. The minimum atomic E-state index is 0.900. The van der Waals surface area contributed by atoms with Crippen LogP contribution < -0.4 is 0 Å². The SMILES string of the molecule is Cn1c(CN2CCCSCC2)nnc1-c1ccccc1. The van der Waals surface area contributed by atoms with Gasteiger partial charge in [-0.05, 0) is 18.7 Å². The molecule has 1 saturated heterocycles. The van der Waals surface area contributed by atoms with Crippen LogP contribution in [0.25, 0.3) is 11.4 Å². The molecule has 0 unspecified atom stereocenters. The lowest BCUT2D eigenvalue weighted by Crippen LogP contribution is -2.26. The summed E-state index contributed by atoms with van der Waals surface area (Å²) in [6, 6.07) is 10.3. The highest BCUT2D eigenvalue weighted by Gasteiger charge is 2.15. The molecule has 2 heterocycles. The van der Waals surface area contributed by atoms with Gasteiger partial charge in [-0.1, -0.05) is 30.3 Å². The molecule has 0 saturated carbocycles. The molecule has 4 nitrogen and oxygen atoms in total. The highest BCUT2D eigenvalue weighted by molar-refractivity contribution is 7.99. The summed E-state index contributed by atoms with van der Waals surface area (Å²) in [5.41, 5.74) is 1.13. The number of aromatic nitrogens is 3. The van der Waals surface area contributed by atoms with Gasteiger partial charge in [0.2, 0.25) is 0 Å². The summed E-state index contributed by atoms with van der Waals surface area (Å²) in [7, 11) is 2.06. The first-order valence-corrected chi connectivity index (χ1v) is 8.24. The molecule has 1 fully saturated rings. The largest absolute Gasteiger partial charge is 0.313 e. The topological polar surface area (TPSA) is 34.0 Å². The van der Waals surface area contributed by atoms with Gasteiger partial charge in [-0.25, -0.2) is 0 Å². The Kier molecular flexibility index (Phi) is 4.38. The fourth-order valence-corrected chi connectivity index (χ4v) is 3.42.